The molecular weight excluding hydrogens is 212 g/mol. The molecule has 1 aromatic rings. The van der Waals surface area contributed by atoms with Gasteiger partial charge in [-0.3, -0.25) is 0 Å². The van der Waals surface area contributed by atoms with Crippen LogP contribution in [0.15, 0.2) is 24.3 Å². The molecule has 0 aliphatic rings. The van der Waals surface area contributed by atoms with Crippen molar-refractivity contribution in [1.82, 2.24) is 4.90 Å². The number of anilines is 1. The van der Waals surface area contributed by atoms with Crippen molar-refractivity contribution in [2.45, 2.75) is 19.8 Å². The lowest BCUT2D eigenvalue weighted by molar-refractivity contribution is 0.220. The minimum Gasteiger partial charge on any atom is -0.395 e. The molecule has 0 spiro atoms. The Hall–Kier alpha value is -1.06. The second-order valence-corrected chi connectivity index (χ2v) is 4.53. The Balaban J connectivity index is 2.08. The molecule has 17 heavy (non-hydrogen) atoms. The van der Waals surface area contributed by atoms with Crippen molar-refractivity contribution < 1.29 is 5.11 Å². The predicted molar refractivity (Wildman–Crippen MR) is 73.5 cm³/mol. The molecule has 0 fully saturated rings. The van der Waals surface area contributed by atoms with Gasteiger partial charge in [-0.2, -0.15) is 0 Å². The van der Waals surface area contributed by atoms with Crippen molar-refractivity contribution in [1.29, 1.82) is 0 Å². The van der Waals surface area contributed by atoms with Gasteiger partial charge in [0.05, 0.1) is 6.61 Å². The van der Waals surface area contributed by atoms with Crippen molar-refractivity contribution in [3.8, 4) is 0 Å². The van der Waals surface area contributed by atoms with Gasteiger partial charge in [0.15, 0.2) is 0 Å². The average molecular weight is 236 g/mol. The summed E-state index contributed by atoms with van der Waals surface area (Å²) in [7, 11) is 2.05. The van der Waals surface area contributed by atoms with Gasteiger partial charge in [-0.05, 0) is 51.1 Å². The molecule has 0 saturated carbocycles. The van der Waals surface area contributed by atoms with E-state index in [0.29, 0.717) is 0 Å². The van der Waals surface area contributed by atoms with Gasteiger partial charge in [0.1, 0.15) is 0 Å². The van der Waals surface area contributed by atoms with Gasteiger partial charge in [-0.25, -0.2) is 0 Å². The molecule has 0 amide bonds. The second-order valence-electron chi connectivity index (χ2n) is 4.53. The van der Waals surface area contributed by atoms with Gasteiger partial charge in [-0.1, -0.05) is 12.1 Å². The SMILES string of the molecule is Cc1cccc(NCCCCN(C)CCO)c1. The molecule has 0 saturated heterocycles. The third kappa shape index (κ3) is 6.29. The zero-order chi connectivity index (χ0) is 12.5. The number of nitrogens with one attached hydrogen (secondary N) is 1. The van der Waals surface area contributed by atoms with Crippen LogP contribution in [-0.2, 0) is 0 Å². The lowest BCUT2D eigenvalue weighted by atomic mass is 10.2. The van der Waals surface area contributed by atoms with Gasteiger partial charge in [0.25, 0.3) is 0 Å². The first kappa shape index (κ1) is 14.0. The summed E-state index contributed by atoms with van der Waals surface area (Å²) in [6.45, 7) is 5.19. The molecule has 1 aromatic carbocycles. The Kier molecular flexibility index (Phi) is 6.67. The molecule has 0 unspecified atom stereocenters. The third-order valence-electron chi connectivity index (χ3n) is 2.80. The number of likely N-dealkylation sites (N-methyl/N-ethyl adjacent to an activating group) is 1. The van der Waals surface area contributed by atoms with Crippen LogP contribution in [-0.4, -0.2) is 43.3 Å². The summed E-state index contributed by atoms with van der Waals surface area (Å²) in [5.74, 6) is 0. The van der Waals surface area contributed by atoms with E-state index in [1.807, 2.05) is 7.05 Å². The lowest BCUT2D eigenvalue weighted by Gasteiger charge is -2.14. The number of rotatable bonds is 8. The summed E-state index contributed by atoms with van der Waals surface area (Å²) in [5.41, 5.74) is 2.49. The number of benzene rings is 1. The molecule has 1 rings (SSSR count). The van der Waals surface area contributed by atoms with E-state index in [0.717, 1.165) is 32.5 Å². The Bertz CT molecular complexity index is 315. The number of aryl methyl sites for hydroxylation is 1. The first-order valence-electron chi connectivity index (χ1n) is 6.32. The fraction of sp³-hybridized carbons (Fsp3) is 0.571. The van der Waals surface area contributed by atoms with Crippen LogP contribution in [0.4, 0.5) is 5.69 Å². The summed E-state index contributed by atoms with van der Waals surface area (Å²) in [6, 6.07) is 8.45. The topological polar surface area (TPSA) is 35.5 Å². The maximum Gasteiger partial charge on any atom is 0.0558 e. The van der Waals surface area contributed by atoms with Crippen molar-refractivity contribution in [2.24, 2.45) is 0 Å². The highest BCUT2D eigenvalue weighted by molar-refractivity contribution is 5.45. The summed E-state index contributed by atoms with van der Waals surface area (Å²) >= 11 is 0. The first-order valence-corrected chi connectivity index (χ1v) is 6.32. The molecule has 0 aromatic heterocycles. The molecule has 0 radical (unpaired) electrons. The number of hydrogen-bond acceptors (Lipinski definition) is 3. The van der Waals surface area contributed by atoms with Gasteiger partial charge in [0.2, 0.25) is 0 Å². The monoisotopic (exact) mass is 236 g/mol. The minimum absolute atomic E-state index is 0.248. The van der Waals surface area contributed by atoms with Gasteiger partial charge in [0, 0.05) is 18.8 Å². The van der Waals surface area contributed by atoms with Gasteiger partial charge < -0.3 is 15.3 Å². The fourth-order valence-electron chi connectivity index (χ4n) is 1.78. The molecular formula is C14H24N2O. The van der Waals surface area contributed by atoms with E-state index in [2.05, 4.69) is 41.4 Å². The highest BCUT2D eigenvalue weighted by atomic mass is 16.3. The molecule has 2 N–H and O–H groups in total. The molecule has 0 aliphatic carbocycles. The van der Waals surface area contributed by atoms with Crippen LogP contribution in [0, 0.1) is 6.92 Å². The van der Waals surface area contributed by atoms with E-state index in [1.165, 1.54) is 11.3 Å². The molecule has 0 heterocycles. The number of unbranched alkanes of at least 4 members (excludes halogenated alkanes) is 1. The van der Waals surface area contributed by atoms with E-state index >= 15 is 0 Å². The number of aliphatic hydroxyl groups excluding tert-OH is 1. The van der Waals surface area contributed by atoms with Crippen LogP contribution in [0.5, 0.6) is 0 Å². The van der Waals surface area contributed by atoms with Crippen LogP contribution in [0.25, 0.3) is 0 Å². The molecule has 0 bridgehead atoms. The number of hydrogen-bond donors (Lipinski definition) is 2. The molecule has 3 heteroatoms. The normalized spacial score (nSPS) is 10.8. The van der Waals surface area contributed by atoms with Crippen LogP contribution >= 0.6 is 0 Å². The second kappa shape index (κ2) is 8.09. The molecule has 0 atom stereocenters. The van der Waals surface area contributed by atoms with Gasteiger partial charge >= 0.3 is 0 Å². The van der Waals surface area contributed by atoms with E-state index < -0.39 is 0 Å². The maximum atomic E-state index is 8.76. The zero-order valence-corrected chi connectivity index (χ0v) is 10.9. The Morgan fingerprint density at radius 2 is 2.06 bits per heavy atom. The minimum atomic E-state index is 0.248. The number of aliphatic hydroxyl groups is 1. The number of nitrogens with zero attached hydrogens (tertiary/aromatic N) is 1. The zero-order valence-electron chi connectivity index (χ0n) is 10.9. The van der Waals surface area contributed by atoms with Gasteiger partial charge in [-0.15, -0.1) is 0 Å². The van der Waals surface area contributed by atoms with Crippen LogP contribution in [0.3, 0.4) is 0 Å². The summed E-state index contributed by atoms with van der Waals surface area (Å²) in [6.07, 6.45) is 2.32. The van der Waals surface area contributed by atoms with Crippen molar-refractivity contribution in [2.75, 3.05) is 38.6 Å². The Morgan fingerprint density at radius 1 is 1.24 bits per heavy atom. The highest BCUT2D eigenvalue weighted by Crippen LogP contribution is 2.09. The molecule has 96 valence electrons. The van der Waals surface area contributed by atoms with E-state index in [-0.39, 0.29) is 6.61 Å². The van der Waals surface area contributed by atoms with Crippen LogP contribution in [0.2, 0.25) is 0 Å². The van der Waals surface area contributed by atoms with Crippen molar-refractivity contribution in [3.05, 3.63) is 29.8 Å². The third-order valence-corrected chi connectivity index (χ3v) is 2.80. The lowest BCUT2D eigenvalue weighted by Crippen LogP contribution is -2.23. The Labute approximate surface area is 104 Å². The molecule has 0 aliphatic heterocycles. The van der Waals surface area contributed by atoms with Crippen LogP contribution in [0.1, 0.15) is 18.4 Å². The van der Waals surface area contributed by atoms with E-state index in [4.69, 9.17) is 5.11 Å². The van der Waals surface area contributed by atoms with Crippen molar-refractivity contribution in [3.63, 3.8) is 0 Å². The maximum absolute atomic E-state index is 8.76. The first-order chi connectivity index (χ1) is 8.22. The van der Waals surface area contributed by atoms with Crippen LogP contribution < -0.4 is 5.32 Å². The average Bonchev–Trinajstić information content (AvgIpc) is 2.29. The quantitative estimate of drug-likeness (QED) is 0.679. The fourth-order valence-corrected chi connectivity index (χ4v) is 1.78. The van der Waals surface area contributed by atoms with E-state index in [9.17, 15) is 0 Å². The summed E-state index contributed by atoms with van der Waals surface area (Å²) in [4.78, 5) is 2.16. The van der Waals surface area contributed by atoms with E-state index in [1.54, 1.807) is 0 Å². The summed E-state index contributed by atoms with van der Waals surface area (Å²) in [5, 5.41) is 12.2. The predicted octanol–water partition coefficient (Wildman–Crippen LogP) is 2.11. The smallest absolute Gasteiger partial charge is 0.0558 e. The van der Waals surface area contributed by atoms with Crippen molar-refractivity contribution >= 4 is 5.69 Å². The standard InChI is InChI=1S/C14H24N2O/c1-13-6-5-7-14(12-13)15-8-3-4-9-16(2)10-11-17/h5-7,12,15,17H,3-4,8-11H2,1-2H3. The summed E-state index contributed by atoms with van der Waals surface area (Å²) < 4.78 is 0. The highest BCUT2D eigenvalue weighted by Gasteiger charge is 1.97. The Morgan fingerprint density at radius 3 is 2.76 bits per heavy atom. The largest absolute Gasteiger partial charge is 0.395 e. The molecule has 3 nitrogen and oxygen atoms in total.